The maximum absolute atomic E-state index is 13.2. The van der Waals surface area contributed by atoms with Crippen LogP contribution < -0.4 is 20.7 Å². The number of alkyl halides is 2. The Morgan fingerprint density at radius 2 is 1.88 bits per heavy atom. The van der Waals surface area contributed by atoms with Gasteiger partial charge in [0.15, 0.2) is 5.75 Å². The fourth-order valence-electron chi connectivity index (χ4n) is 4.77. The molecular weight excluding hydrogens is 446 g/mol. The predicted molar refractivity (Wildman–Crippen MR) is 124 cm³/mol. The third-order valence-electron chi connectivity index (χ3n) is 7.12. The number of carbonyl (C=O) groups is 2. The maximum atomic E-state index is 13.2. The Morgan fingerprint density at radius 1 is 1.21 bits per heavy atom. The van der Waals surface area contributed by atoms with Crippen molar-refractivity contribution in [1.29, 1.82) is 0 Å². The number of rotatable bonds is 11. The monoisotopic (exact) mass is 480 g/mol. The van der Waals surface area contributed by atoms with Crippen LogP contribution in [-0.2, 0) is 14.3 Å². The number of hydrogen-bond acceptors (Lipinski definition) is 6. The van der Waals surface area contributed by atoms with Gasteiger partial charge in [-0.1, -0.05) is 12.8 Å². The molecule has 0 unspecified atom stereocenters. The molecule has 3 N–H and O–H groups in total. The number of nitrogens with zero attached hydrogens (tertiary/aromatic N) is 2. The second kappa shape index (κ2) is 11.4. The summed E-state index contributed by atoms with van der Waals surface area (Å²) in [7, 11) is 0. The molecule has 0 radical (unpaired) electrons. The molecule has 0 spiro atoms. The smallest absolute Gasteiger partial charge is 0.387 e. The molecule has 10 heteroatoms. The molecule has 1 atom stereocenters. The highest BCUT2D eigenvalue weighted by molar-refractivity contribution is 5.98. The third kappa shape index (κ3) is 6.03. The van der Waals surface area contributed by atoms with E-state index < -0.39 is 12.7 Å². The van der Waals surface area contributed by atoms with Crippen LogP contribution >= 0.6 is 0 Å². The number of hydrogen-bond donors (Lipinski definition) is 2. The first-order valence-corrected chi connectivity index (χ1v) is 12.2. The lowest BCUT2D eigenvalue weighted by atomic mass is 9.82. The Morgan fingerprint density at radius 3 is 2.41 bits per heavy atom. The summed E-state index contributed by atoms with van der Waals surface area (Å²) < 4.78 is 36.0. The molecule has 188 valence electrons. The average molecular weight is 481 g/mol. The molecule has 1 heterocycles. The summed E-state index contributed by atoms with van der Waals surface area (Å²) in [4.78, 5) is 29.0. The van der Waals surface area contributed by atoms with Gasteiger partial charge in [0.2, 0.25) is 5.91 Å². The van der Waals surface area contributed by atoms with E-state index in [1.165, 1.54) is 55.6 Å². The number of halogens is 2. The molecule has 1 aromatic rings. The van der Waals surface area contributed by atoms with Crippen molar-refractivity contribution >= 4 is 23.2 Å². The summed E-state index contributed by atoms with van der Waals surface area (Å²) in [5.74, 6) is 0.414. The summed E-state index contributed by atoms with van der Waals surface area (Å²) >= 11 is 0. The van der Waals surface area contributed by atoms with Crippen LogP contribution in [0, 0.1) is 11.8 Å². The number of carbonyl (C=O) groups excluding carboxylic acids is 2. The van der Waals surface area contributed by atoms with E-state index in [1.54, 1.807) is 6.07 Å². The van der Waals surface area contributed by atoms with E-state index in [-0.39, 0.29) is 42.9 Å². The molecule has 2 saturated carbocycles. The van der Waals surface area contributed by atoms with Crippen molar-refractivity contribution in [3.63, 3.8) is 0 Å². The Labute approximate surface area is 198 Å². The van der Waals surface area contributed by atoms with Crippen molar-refractivity contribution in [2.75, 3.05) is 49.6 Å². The Hall–Kier alpha value is -2.30. The zero-order chi connectivity index (χ0) is 24.1. The van der Waals surface area contributed by atoms with Gasteiger partial charge in [-0.25, -0.2) is 0 Å². The van der Waals surface area contributed by atoms with Crippen molar-refractivity contribution in [1.82, 2.24) is 4.90 Å². The minimum atomic E-state index is -3.07. The number of nitrogens with one attached hydrogen (secondary N) is 1. The maximum Gasteiger partial charge on any atom is 0.387 e. The van der Waals surface area contributed by atoms with E-state index in [9.17, 15) is 18.4 Å². The quantitative estimate of drug-likeness (QED) is 0.506. The zero-order valence-electron chi connectivity index (χ0n) is 19.4. The second-order valence-corrected chi connectivity index (χ2v) is 9.45. The van der Waals surface area contributed by atoms with Gasteiger partial charge >= 0.3 is 6.61 Å². The van der Waals surface area contributed by atoms with E-state index in [0.29, 0.717) is 24.1 Å². The van der Waals surface area contributed by atoms with Crippen LogP contribution in [-0.4, -0.2) is 68.8 Å². The fraction of sp³-hybridized carbons (Fsp3) is 0.667. The largest absolute Gasteiger partial charge is 0.433 e. The van der Waals surface area contributed by atoms with Crippen molar-refractivity contribution in [2.45, 2.75) is 51.2 Å². The summed E-state index contributed by atoms with van der Waals surface area (Å²) in [6.07, 6.45) is 7.16. The molecular formula is C24H34F2N4O4. The zero-order valence-corrected chi connectivity index (χ0v) is 19.4. The number of amides is 2. The molecule has 0 aromatic heterocycles. The van der Waals surface area contributed by atoms with Crippen molar-refractivity contribution in [3.8, 4) is 5.75 Å². The summed E-state index contributed by atoms with van der Waals surface area (Å²) in [6.45, 7) is -0.787. The molecule has 3 aliphatic rings. The average Bonchev–Trinajstić information content (AvgIpc) is 2.73. The highest BCUT2D eigenvalue weighted by Gasteiger charge is 2.32. The number of nitrogens with two attached hydrogens (primary N) is 1. The van der Waals surface area contributed by atoms with Gasteiger partial charge in [0, 0.05) is 37.9 Å². The predicted octanol–water partition coefficient (Wildman–Crippen LogP) is 2.82. The molecule has 1 aromatic carbocycles. The number of morpholine rings is 1. The summed E-state index contributed by atoms with van der Waals surface area (Å²) in [6, 6.07) is 3.93. The first-order valence-electron chi connectivity index (χ1n) is 12.2. The highest BCUT2D eigenvalue weighted by atomic mass is 19.3. The molecule has 8 nitrogen and oxygen atoms in total. The molecule has 4 rings (SSSR count). The van der Waals surface area contributed by atoms with Crippen LogP contribution in [0.3, 0.4) is 0 Å². The fourth-order valence-corrected chi connectivity index (χ4v) is 4.77. The van der Waals surface area contributed by atoms with Crippen molar-refractivity contribution in [2.24, 2.45) is 17.6 Å². The normalized spacial score (nSPS) is 20.3. The van der Waals surface area contributed by atoms with Gasteiger partial charge in [0.1, 0.15) is 12.6 Å². The first kappa shape index (κ1) is 24.8. The van der Waals surface area contributed by atoms with Gasteiger partial charge in [0.25, 0.3) is 5.91 Å². The van der Waals surface area contributed by atoms with Crippen molar-refractivity contribution < 1.29 is 27.8 Å². The number of ether oxygens (including phenoxy) is 2. The Balaban J connectivity index is 1.49. The van der Waals surface area contributed by atoms with E-state index in [4.69, 9.17) is 15.2 Å². The molecule has 2 amide bonds. The third-order valence-corrected chi connectivity index (χ3v) is 7.12. The van der Waals surface area contributed by atoms with Crippen molar-refractivity contribution in [3.05, 3.63) is 18.2 Å². The van der Waals surface area contributed by atoms with Gasteiger partial charge in [-0.15, -0.1) is 0 Å². The molecule has 34 heavy (non-hydrogen) atoms. The van der Waals surface area contributed by atoms with Gasteiger partial charge in [0.05, 0.1) is 12.3 Å². The van der Waals surface area contributed by atoms with Crippen LogP contribution in [0.2, 0.25) is 0 Å². The van der Waals surface area contributed by atoms with E-state index in [0.717, 1.165) is 13.1 Å². The lowest BCUT2D eigenvalue weighted by Gasteiger charge is -2.40. The van der Waals surface area contributed by atoms with E-state index >= 15 is 0 Å². The van der Waals surface area contributed by atoms with Gasteiger partial charge in [-0.05, 0) is 49.7 Å². The first-order chi connectivity index (χ1) is 16.4. The minimum Gasteiger partial charge on any atom is -0.433 e. The Bertz CT molecular complexity index is 847. The minimum absolute atomic E-state index is 0.122. The summed E-state index contributed by atoms with van der Waals surface area (Å²) in [5, 5.41) is 2.83. The lowest BCUT2D eigenvalue weighted by Crippen LogP contribution is -2.52. The number of anilines is 2. The molecule has 3 fully saturated rings. The molecule has 1 saturated heterocycles. The topological polar surface area (TPSA) is 97.1 Å². The van der Waals surface area contributed by atoms with E-state index in [2.05, 4.69) is 10.2 Å². The summed E-state index contributed by atoms with van der Waals surface area (Å²) in [5.41, 5.74) is 6.59. The second-order valence-electron chi connectivity index (χ2n) is 9.45. The molecule has 1 aliphatic heterocycles. The van der Waals surface area contributed by atoms with Crippen LogP contribution in [0.1, 0.15) is 38.5 Å². The van der Waals surface area contributed by atoms with E-state index in [1.807, 2.05) is 0 Å². The lowest BCUT2D eigenvalue weighted by molar-refractivity contribution is -0.126. The van der Waals surface area contributed by atoms with Gasteiger partial charge in [-0.2, -0.15) is 8.78 Å². The SMILES string of the molecule is NC[C@H](C(=O)Nc1ccc(N2CCOCC2=O)c(OC(F)F)c1)N(CC1CCC1)CC1CCC1. The van der Waals surface area contributed by atoms with Gasteiger partial charge in [-0.3, -0.25) is 14.5 Å². The van der Waals surface area contributed by atoms with Crippen LogP contribution in [0.15, 0.2) is 18.2 Å². The molecule has 0 bridgehead atoms. The van der Waals surface area contributed by atoms with Crippen LogP contribution in [0.25, 0.3) is 0 Å². The highest BCUT2D eigenvalue weighted by Crippen LogP contribution is 2.34. The molecule has 2 aliphatic carbocycles. The van der Waals surface area contributed by atoms with Gasteiger partial charge < -0.3 is 25.4 Å². The van der Waals surface area contributed by atoms with Crippen LogP contribution in [0.5, 0.6) is 5.75 Å². The standard InChI is InChI=1S/C24H34F2N4O4/c25-24(26)34-21-11-18(7-8-19(21)30-9-10-33-15-22(30)31)28-23(32)20(12-27)29(13-16-3-1-4-16)14-17-5-2-6-17/h7-8,11,16-17,20,24H,1-6,9-10,12-15,27H2,(H,28,32)/t20-/m1/s1. The van der Waals surface area contributed by atoms with Crippen LogP contribution in [0.4, 0.5) is 20.2 Å². The Kier molecular flexibility index (Phi) is 8.33. The number of benzene rings is 1.